The van der Waals surface area contributed by atoms with Gasteiger partial charge in [0.05, 0.1) is 14.2 Å². The molecule has 1 aromatic carbocycles. The van der Waals surface area contributed by atoms with Gasteiger partial charge in [-0.25, -0.2) is 4.79 Å². The van der Waals surface area contributed by atoms with Gasteiger partial charge in [0.2, 0.25) is 11.8 Å². The summed E-state index contributed by atoms with van der Waals surface area (Å²) in [7, 11) is 2.71. The predicted molar refractivity (Wildman–Crippen MR) is 94.7 cm³/mol. The van der Waals surface area contributed by atoms with Gasteiger partial charge in [-0.1, -0.05) is 0 Å². The zero-order chi connectivity index (χ0) is 20.0. The Labute approximate surface area is 155 Å². The highest BCUT2D eigenvalue weighted by molar-refractivity contribution is 6.01. The molecule has 8 heteroatoms. The highest BCUT2D eigenvalue weighted by Gasteiger charge is 2.25. The first-order valence-corrected chi connectivity index (χ1v) is 8.00. The third-order valence-corrected chi connectivity index (χ3v) is 3.83. The van der Waals surface area contributed by atoms with Gasteiger partial charge in [0.25, 0.3) is 0 Å². The highest BCUT2D eigenvalue weighted by atomic mass is 16.5. The van der Waals surface area contributed by atoms with Gasteiger partial charge < -0.3 is 13.9 Å². The van der Waals surface area contributed by atoms with Crippen LogP contribution in [-0.2, 0) is 9.53 Å². The van der Waals surface area contributed by atoms with Crippen LogP contribution in [0.25, 0.3) is 0 Å². The van der Waals surface area contributed by atoms with Crippen LogP contribution in [-0.4, -0.2) is 31.9 Å². The molecule has 2 rings (SSSR count). The number of carbonyl (C=O) groups is 3. The maximum absolute atomic E-state index is 12.2. The molecule has 140 valence electrons. The number of rotatable bonds is 7. The summed E-state index contributed by atoms with van der Waals surface area (Å²) in [6.45, 7) is 1.48. The molecule has 0 aliphatic carbocycles. The number of nitrogens with zero attached hydrogens (tertiary/aromatic N) is 1. The molecule has 0 spiro atoms. The van der Waals surface area contributed by atoms with Crippen molar-refractivity contribution in [1.29, 1.82) is 5.26 Å². The largest absolute Gasteiger partial charge is 0.497 e. The molecule has 0 saturated carbocycles. The van der Waals surface area contributed by atoms with E-state index < -0.39 is 11.9 Å². The quantitative estimate of drug-likeness (QED) is 0.588. The van der Waals surface area contributed by atoms with Gasteiger partial charge in [-0.3, -0.25) is 14.9 Å². The van der Waals surface area contributed by atoms with Crippen molar-refractivity contribution in [2.24, 2.45) is 0 Å². The van der Waals surface area contributed by atoms with Crippen molar-refractivity contribution in [3.05, 3.63) is 46.7 Å². The number of benzene rings is 1. The molecule has 8 nitrogen and oxygen atoms in total. The summed E-state index contributed by atoms with van der Waals surface area (Å²) in [6.07, 6.45) is -0.132. The van der Waals surface area contributed by atoms with Gasteiger partial charge in [0.15, 0.2) is 5.78 Å². The number of nitriles is 1. The van der Waals surface area contributed by atoms with E-state index in [2.05, 4.69) is 10.1 Å². The lowest BCUT2D eigenvalue weighted by Gasteiger charge is -2.04. The maximum Gasteiger partial charge on any atom is 0.342 e. The molecular formula is C19H18N2O6. The van der Waals surface area contributed by atoms with E-state index >= 15 is 0 Å². The number of hydrogen-bond acceptors (Lipinski definition) is 7. The van der Waals surface area contributed by atoms with Crippen molar-refractivity contribution < 1.29 is 28.3 Å². The molecule has 1 N–H and O–H groups in total. The van der Waals surface area contributed by atoms with Crippen LogP contribution >= 0.6 is 0 Å². The minimum atomic E-state index is -0.733. The highest BCUT2D eigenvalue weighted by Crippen LogP contribution is 2.27. The number of hydrogen-bond donors (Lipinski definition) is 1. The van der Waals surface area contributed by atoms with Crippen LogP contribution in [0.3, 0.4) is 0 Å². The average Bonchev–Trinajstić information content (AvgIpc) is 3.00. The van der Waals surface area contributed by atoms with Gasteiger partial charge in [0, 0.05) is 18.4 Å². The van der Waals surface area contributed by atoms with E-state index in [1.165, 1.54) is 21.1 Å². The zero-order valence-corrected chi connectivity index (χ0v) is 15.1. The Bertz CT molecular complexity index is 906. The second-order valence-corrected chi connectivity index (χ2v) is 5.54. The fourth-order valence-corrected chi connectivity index (χ4v) is 2.42. The van der Waals surface area contributed by atoms with Crippen LogP contribution in [0.4, 0.5) is 5.88 Å². The minimum Gasteiger partial charge on any atom is -0.497 e. The molecule has 0 fully saturated rings. The number of carbonyl (C=O) groups excluding carboxylic acids is 3. The lowest BCUT2D eigenvalue weighted by Crippen LogP contribution is -2.14. The first kappa shape index (κ1) is 19.7. The van der Waals surface area contributed by atoms with Crippen LogP contribution < -0.4 is 10.1 Å². The number of Topliss-reactive ketones (excluding diaryl/α,β-unsaturated/α-hetero) is 1. The van der Waals surface area contributed by atoms with Gasteiger partial charge >= 0.3 is 5.97 Å². The Morgan fingerprint density at radius 2 is 1.81 bits per heavy atom. The molecular weight excluding hydrogens is 352 g/mol. The van der Waals surface area contributed by atoms with Crippen molar-refractivity contribution in [2.45, 2.75) is 19.8 Å². The number of methoxy groups -OCH3 is 2. The fourth-order valence-electron chi connectivity index (χ4n) is 2.42. The number of furan rings is 1. The Kier molecular flexibility index (Phi) is 6.33. The molecule has 0 aliphatic rings. The summed E-state index contributed by atoms with van der Waals surface area (Å²) in [6, 6.07) is 8.37. The topological polar surface area (TPSA) is 119 Å². The lowest BCUT2D eigenvalue weighted by atomic mass is 10.1. The van der Waals surface area contributed by atoms with Gasteiger partial charge in [-0.05, 0) is 31.2 Å². The average molecular weight is 370 g/mol. The summed E-state index contributed by atoms with van der Waals surface area (Å²) in [4.78, 5) is 36.0. The molecule has 1 aromatic heterocycles. The van der Waals surface area contributed by atoms with Crippen molar-refractivity contribution in [3.63, 3.8) is 0 Å². The first-order chi connectivity index (χ1) is 12.9. The molecule has 0 bridgehead atoms. The molecule has 0 radical (unpaired) electrons. The zero-order valence-electron chi connectivity index (χ0n) is 15.1. The SMILES string of the molecule is COC(=O)c1c(C)oc(NC(=O)CCC(=O)c2ccc(OC)cc2)c1C#N. The van der Waals surface area contributed by atoms with Gasteiger partial charge in [-0.15, -0.1) is 0 Å². The number of anilines is 1. The minimum absolute atomic E-state index is 0.0242. The maximum atomic E-state index is 12.2. The Balaban J connectivity index is 2.02. The monoisotopic (exact) mass is 370 g/mol. The van der Waals surface area contributed by atoms with E-state index in [9.17, 15) is 19.6 Å². The summed E-state index contributed by atoms with van der Waals surface area (Å²) in [5.41, 5.74) is 0.307. The van der Waals surface area contributed by atoms with E-state index in [0.29, 0.717) is 11.3 Å². The Morgan fingerprint density at radius 3 is 2.37 bits per heavy atom. The van der Waals surface area contributed by atoms with E-state index in [1.807, 2.05) is 6.07 Å². The third-order valence-electron chi connectivity index (χ3n) is 3.83. The third kappa shape index (κ3) is 4.52. The number of ketones is 1. The standard InChI is InChI=1S/C19H18N2O6/c1-11-17(19(24)26-3)14(10-20)18(27-11)21-16(23)9-8-15(22)12-4-6-13(25-2)7-5-12/h4-7H,8-9H2,1-3H3,(H,21,23). The van der Waals surface area contributed by atoms with Crippen LogP contribution in [0.2, 0.25) is 0 Å². The first-order valence-electron chi connectivity index (χ1n) is 8.00. The normalized spacial score (nSPS) is 10.0. The number of nitrogens with one attached hydrogen (secondary N) is 1. The van der Waals surface area contributed by atoms with Crippen LogP contribution in [0.15, 0.2) is 28.7 Å². The molecule has 27 heavy (non-hydrogen) atoms. The van der Waals surface area contributed by atoms with Crippen LogP contribution in [0, 0.1) is 18.3 Å². The number of ether oxygens (including phenoxy) is 2. The van der Waals surface area contributed by atoms with Crippen molar-refractivity contribution in [1.82, 2.24) is 0 Å². The summed E-state index contributed by atoms with van der Waals surface area (Å²) in [5, 5.41) is 11.7. The van der Waals surface area contributed by atoms with E-state index in [0.717, 1.165) is 0 Å². The molecule has 0 unspecified atom stereocenters. The lowest BCUT2D eigenvalue weighted by molar-refractivity contribution is -0.116. The summed E-state index contributed by atoms with van der Waals surface area (Å²) < 4.78 is 14.9. The number of amides is 1. The van der Waals surface area contributed by atoms with Gasteiger partial charge in [-0.2, -0.15) is 5.26 Å². The fraction of sp³-hybridized carbons (Fsp3) is 0.263. The number of aryl methyl sites for hydroxylation is 1. The van der Waals surface area contributed by atoms with E-state index in [4.69, 9.17) is 9.15 Å². The van der Waals surface area contributed by atoms with Crippen molar-refractivity contribution >= 4 is 23.5 Å². The Morgan fingerprint density at radius 1 is 1.15 bits per heavy atom. The molecule has 1 heterocycles. The van der Waals surface area contributed by atoms with Crippen molar-refractivity contribution in [3.8, 4) is 11.8 Å². The van der Waals surface area contributed by atoms with E-state index in [1.54, 1.807) is 24.3 Å². The summed E-state index contributed by atoms with van der Waals surface area (Å²) in [5.74, 6) is -0.816. The van der Waals surface area contributed by atoms with Crippen LogP contribution in [0.1, 0.15) is 44.9 Å². The van der Waals surface area contributed by atoms with Crippen molar-refractivity contribution in [2.75, 3.05) is 19.5 Å². The van der Waals surface area contributed by atoms with Crippen LogP contribution in [0.5, 0.6) is 5.75 Å². The molecule has 0 aliphatic heterocycles. The number of esters is 1. The molecule has 1 amide bonds. The van der Waals surface area contributed by atoms with E-state index in [-0.39, 0.29) is 41.4 Å². The Hall–Kier alpha value is -3.60. The molecule has 0 atom stereocenters. The summed E-state index contributed by atoms with van der Waals surface area (Å²) >= 11 is 0. The molecule has 2 aromatic rings. The second-order valence-electron chi connectivity index (χ2n) is 5.54. The second kappa shape index (κ2) is 8.67. The molecule has 0 saturated heterocycles. The van der Waals surface area contributed by atoms with Gasteiger partial charge in [0.1, 0.15) is 28.7 Å². The predicted octanol–water partition coefficient (Wildman–Crippen LogP) is 2.86. The smallest absolute Gasteiger partial charge is 0.342 e.